The number of hydrogen-bond acceptors (Lipinski definition) is 2. The van der Waals surface area contributed by atoms with Gasteiger partial charge in [0, 0.05) is 18.7 Å². The fourth-order valence-electron chi connectivity index (χ4n) is 2.31. The Kier molecular flexibility index (Phi) is 2.69. The second-order valence-corrected chi connectivity index (χ2v) is 4.64. The highest BCUT2D eigenvalue weighted by Gasteiger charge is 2.11. The Balaban J connectivity index is 1.99. The van der Waals surface area contributed by atoms with Crippen LogP contribution in [0.5, 0.6) is 0 Å². The van der Waals surface area contributed by atoms with Gasteiger partial charge in [-0.2, -0.15) is 5.10 Å². The van der Waals surface area contributed by atoms with Crippen LogP contribution < -0.4 is 5.32 Å². The Morgan fingerprint density at radius 1 is 1.29 bits per heavy atom. The van der Waals surface area contributed by atoms with Gasteiger partial charge < -0.3 is 5.32 Å². The van der Waals surface area contributed by atoms with E-state index in [0.29, 0.717) is 0 Å². The zero-order valence-corrected chi connectivity index (χ0v) is 10.1. The molecule has 3 nitrogen and oxygen atoms in total. The lowest BCUT2D eigenvalue weighted by Gasteiger charge is -2.00. The van der Waals surface area contributed by atoms with E-state index < -0.39 is 0 Å². The molecule has 0 radical (unpaired) electrons. The van der Waals surface area contributed by atoms with Gasteiger partial charge in [0.25, 0.3) is 0 Å². The molecule has 0 unspecified atom stereocenters. The van der Waals surface area contributed by atoms with Gasteiger partial charge in [-0.1, -0.05) is 23.8 Å². The van der Waals surface area contributed by atoms with Crippen LogP contribution in [0.1, 0.15) is 17.7 Å². The second kappa shape index (κ2) is 4.34. The minimum absolute atomic E-state index is 0.929. The van der Waals surface area contributed by atoms with Gasteiger partial charge >= 0.3 is 0 Å². The van der Waals surface area contributed by atoms with E-state index in [1.807, 2.05) is 0 Å². The Morgan fingerprint density at radius 2 is 2.24 bits per heavy atom. The van der Waals surface area contributed by atoms with Crippen LogP contribution in [0.2, 0.25) is 0 Å². The predicted octanol–water partition coefficient (Wildman–Crippen LogP) is 2.35. The van der Waals surface area contributed by atoms with Gasteiger partial charge in [0.15, 0.2) is 0 Å². The summed E-state index contributed by atoms with van der Waals surface area (Å²) >= 11 is 0. The van der Waals surface area contributed by atoms with Gasteiger partial charge in [-0.15, -0.1) is 0 Å². The molecule has 2 aromatic rings. The second-order valence-electron chi connectivity index (χ2n) is 4.64. The van der Waals surface area contributed by atoms with Gasteiger partial charge in [0.1, 0.15) is 0 Å². The summed E-state index contributed by atoms with van der Waals surface area (Å²) in [5, 5.41) is 8.12. The summed E-state index contributed by atoms with van der Waals surface area (Å²) in [5.41, 5.74) is 4.88. The van der Waals surface area contributed by atoms with Gasteiger partial charge in [0.05, 0.1) is 11.4 Å². The molecule has 2 heterocycles. The molecule has 17 heavy (non-hydrogen) atoms. The van der Waals surface area contributed by atoms with E-state index in [2.05, 4.69) is 47.3 Å². The van der Waals surface area contributed by atoms with Crippen LogP contribution >= 0.6 is 0 Å². The van der Waals surface area contributed by atoms with Gasteiger partial charge in [-0.3, -0.25) is 4.68 Å². The molecule has 0 fully saturated rings. The van der Waals surface area contributed by atoms with Crippen LogP contribution in [0.25, 0.3) is 11.3 Å². The van der Waals surface area contributed by atoms with Crippen molar-refractivity contribution in [3.8, 4) is 11.3 Å². The van der Waals surface area contributed by atoms with Crippen molar-refractivity contribution >= 4 is 0 Å². The molecule has 1 aromatic carbocycles. The molecular weight excluding hydrogens is 210 g/mol. The highest BCUT2D eigenvalue weighted by atomic mass is 15.3. The molecule has 1 aliphatic heterocycles. The smallest absolute Gasteiger partial charge is 0.0926 e. The normalized spacial score (nSPS) is 15.4. The lowest BCUT2D eigenvalue weighted by Crippen LogP contribution is -2.11. The van der Waals surface area contributed by atoms with Crippen LogP contribution in [0, 0.1) is 6.92 Å². The molecule has 3 rings (SSSR count). The number of aryl methyl sites for hydroxylation is 2. The maximum atomic E-state index is 4.70. The van der Waals surface area contributed by atoms with E-state index >= 15 is 0 Å². The minimum Gasteiger partial charge on any atom is -0.311 e. The first-order valence-electron chi connectivity index (χ1n) is 6.17. The summed E-state index contributed by atoms with van der Waals surface area (Å²) in [6.07, 6.45) is 1.15. The van der Waals surface area contributed by atoms with Crippen molar-refractivity contribution in [2.24, 2.45) is 0 Å². The largest absolute Gasteiger partial charge is 0.311 e. The third-order valence-corrected chi connectivity index (χ3v) is 3.21. The molecule has 3 heteroatoms. The fourth-order valence-corrected chi connectivity index (χ4v) is 2.31. The van der Waals surface area contributed by atoms with Crippen LogP contribution in [-0.4, -0.2) is 16.3 Å². The molecule has 0 spiro atoms. The highest BCUT2D eigenvalue weighted by Crippen LogP contribution is 2.21. The third-order valence-electron chi connectivity index (χ3n) is 3.21. The summed E-state index contributed by atoms with van der Waals surface area (Å²) in [4.78, 5) is 0. The SMILES string of the molecule is Cc1cccc(-c2cc3n(n2)CCCNC3)c1. The molecule has 0 saturated carbocycles. The van der Waals surface area contributed by atoms with Gasteiger partial charge in [0.2, 0.25) is 0 Å². The molecule has 0 amide bonds. The number of fused-ring (bicyclic) bond motifs is 1. The number of benzene rings is 1. The highest BCUT2D eigenvalue weighted by molar-refractivity contribution is 5.60. The molecule has 1 aromatic heterocycles. The van der Waals surface area contributed by atoms with Crippen molar-refractivity contribution in [2.45, 2.75) is 26.4 Å². The van der Waals surface area contributed by atoms with Gasteiger partial charge in [-0.05, 0) is 32.0 Å². The molecule has 0 bridgehead atoms. The first kappa shape index (κ1) is 10.5. The summed E-state index contributed by atoms with van der Waals surface area (Å²) in [5.74, 6) is 0. The monoisotopic (exact) mass is 227 g/mol. The third kappa shape index (κ3) is 2.11. The standard InChI is InChI=1S/C14H17N3/c1-11-4-2-5-12(8-11)14-9-13-10-15-6-3-7-17(13)16-14/h2,4-5,8-9,15H,3,6-7,10H2,1H3. The molecule has 0 saturated heterocycles. The van der Waals surface area contributed by atoms with Crippen molar-refractivity contribution in [3.63, 3.8) is 0 Å². The Labute approximate surface area is 101 Å². The molecule has 1 N–H and O–H groups in total. The van der Waals surface area contributed by atoms with Crippen LogP contribution in [0.15, 0.2) is 30.3 Å². The summed E-state index contributed by atoms with van der Waals surface area (Å²) in [6.45, 7) is 5.15. The zero-order chi connectivity index (χ0) is 11.7. The molecule has 1 aliphatic rings. The van der Waals surface area contributed by atoms with E-state index in [9.17, 15) is 0 Å². The first-order chi connectivity index (χ1) is 8.33. The fraction of sp³-hybridized carbons (Fsp3) is 0.357. The number of nitrogens with zero attached hydrogens (tertiary/aromatic N) is 2. The van der Waals surface area contributed by atoms with Crippen molar-refractivity contribution in [2.75, 3.05) is 6.54 Å². The first-order valence-corrected chi connectivity index (χ1v) is 6.17. The Morgan fingerprint density at radius 3 is 3.12 bits per heavy atom. The number of aromatic nitrogens is 2. The molecular formula is C14H17N3. The Bertz CT molecular complexity index is 505. The van der Waals surface area contributed by atoms with Crippen LogP contribution in [0.3, 0.4) is 0 Å². The molecule has 88 valence electrons. The maximum absolute atomic E-state index is 4.70. The van der Waals surface area contributed by atoms with Crippen LogP contribution in [-0.2, 0) is 13.1 Å². The van der Waals surface area contributed by atoms with E-state index in [0.717, 1.165) is 31.7 Å². The minimum atomic E-state index is 0.929. The lowest BCUT2D eigenvalue weighted by molar-refractivity contribution is 0.589. The van der Waals surface area contributed by atoms with E-state index in [1.165, 1.54) is 16.8 Å². The molecule has 0 atom stereocenters. The van der Waals surface area contributed by atoms with E-state index in [4.69, 9.17) is 5.10 Å². The van der Waals surface area contributed by atoms with E-state index in [1.54, 1.807) is 0 Å². The lowest BCUT2D eigenvalue weighted by atomic mass is 10.1. The van der Waals surface area contributed by atoms with Crippen molar-refractivity contribution in [1.82, 2.24) is 15.1 Å². The quantitative estimate of drug-likeness (QED) is 0.810. The number of rotatable bonds is 1. The number of hydrogen-bond donors (Lipinski definition) is 1. The predicted molar refractivity (Wildman–Crippen MR) is 68.7 cm³/mol. The van der Waals surface area contributed by atoms with Crippen LogP contribution in [0.4, 0.5) is 0 Å². The topological polar surface area (TPSA) is 29.9 Å². The average molecular weight is 227 g/mol. The summed E-state index contributed by atoms with van der Waals surface area (Å²) < 4.78 is 2.14. The summed E-state index contributed by atoms with van der Waals surface area (Å²) in [7, 11) is 0. The summed E-state index contributed by atoms with van der Waals surface area (Å²) in [6, 6.07) is 10.7. The maximum Gasteiger partial charge on any atom is 0.0926 e. The van der Waals surface area contributed by atoms with Crippen molar-refractivity contribution in [1.29, 1.82) is 0 Å². The van der Waals surface area contributed by atoms with E-state index in [-0.39, 0.29) is 0 Å². The molecule has 0 aliphatic carbocycles. The van der Waals surface area contributed by atoms with Crippen molar-refractivity contribution < 1.29 is 0 Å². The Hall–Kier alpha value is -1.61. The number of nitrogens with one attached hydrogen (secondary N) is 1. The average Bonchev–Trinajstić information content (AvgIpc) is 2.61. The van der Waals surface area contributed by atoms with Gasteiger partial charge in [-0.25, -0.2) is 0 Å². The van der Waals surface area contributed by atoms with Crippen molar-refractivity contribution in [3.05, 3.63) is 41.6 Å². The zero-order valence-electron chi connectivity index (χ0n) is 10.1.